The topological polar surface area (TPSA) is 166 Å². The molecule has 4 aliphatic rings. The Bertz CT molecular complexity index is 2060. The number of carbonyl (C=O) groups is 5. The van der Waals surface area contributed by atoms with Crippen molar-refractivity contribution < 1.29 is 44.4 Å². The summed E-state index contributed by atoms with van der Waals surface area (Å²) in [5.41, 5.74) is -3.20. The number of benzene rings is 2. The van der Waals surface area contributed by atoms with E-state index in [1.54, 1.807) is 65.0 Å². The van der Waals surface area contributed by atoms with Gasteiger partial charge >= 0.3 is 0 Å². The van der Waals surface area contributed by atoms with Crippen molar-refractivity contribution in [2.24, 2.45) is 22.7 Å². The minimum atomic E-state index is -2.70. The lowest BCUT2D eigenvalue weighted by molar-refractivity contribution is -0.171. The van der Waals surface area contributed by atoms with Crippen molar-refractivity contribution in [1.82, 2.24) is 0 Å². The van der Waals surface area contributed by atoms with Gasteiger partial charge in [0.25, 0.3) is 0 Å². The SMILES string of the molecule is CCC(=O)c1cc(CC(=O)C2=CC=CC2)cc(-c2ccc(O)c3c2C[C@]2(C)C[C@]4(C)C(C(C)C)C(O)=C(C(C)=O)C(=O)[C@]4(O)C(O)=C2C3=O)c1. The van der Waals surface area contributed by atoms with Gasteiger partial charge in [-0.1, -0.05) is 65.0 Å². The number of hydrogen-bond donors (Lipinski definition) is 4. The first kappa shape index (κ1) is 35.0. The van der Waals surface area contributed by atoms with Gasteiger partial charge in [0.1, 0.15) is 22.8 Å². The summed E-state index contributed by atoms with van der Waals surface area (Å²) in [4.78, 5) is 67.3. The van der Waals surface area contributed by atoms with Gasteiger partial charge < -0.3 is 20.4 Å². The number of ketones is 5. The van der Waals surface area contributed by atoms with Gasteiger partial charge in [-0.25, -0.2) is 0 Å². The summed E-state index contributed by atoms with van der Waals surface area (Å²) in [5.74, 6) is -5.97. The molecule has 0 spiro atoms. The molecule has 0 bridgehead atoms. The molecule has 6 rings (SSSR count). The van der Waals surface area contributed by atoms with Crippen molar-refractivity contribution in [1.29, 1.82) is 0 Å². The predicted molar refractivity (Wildman–Crippen MR) is 186 cm³/mol. The summed E-state index contributed by atoms with van der Waals surface area (Å²) >= 11 is 0. The Balaban J connectivity index is 1.55. The lowest BCUT2D eigenvalue weighted by atomic mass is 9.44. The number of hydrogen-bond acceptors (Lipinski definition) is 9. The number of carbonyl (C=O) groups excluding carboxylic acids is 5. The zero-order chi connectivity index (χ0) is 36.7. The first-order valence-corrected chi connectivity index (χ1v) is 17.0. The first-order valence-electron chi connectivity index (χ1n) is 17.0. The van der Waals surface area contributed by atoms with Crippen LogP contribution in [0.25, 0.3) is 11.1 Å². The van der Waals surface area contributed by atoms with Crippen molar-refractivity contribution in [3.8, 4) is 16.9 Å². The second kappa shape index (κ2) is 11.9. The van der Waals surface area contributed by atoms with Crippen molar-refractivity contribution in [3.05, 3.63) is 99.1 Å². The number of fused-ring (bicyclic) bond motifs is 3. The molecule has 9 heteroatoms. The van der Waals surface area contributed by atoms with Crippen LogP contribution in [0, 0.1) is 22.7 Å². The second-order valence-electron chi connectivity index (χ2n) is 15.1. The van der Waals surface area contributed by atoms with E-state index in [1.165, 1.54) is 6.07 Å². The molecule has 0 saturated carbocycles. The quantitative estimate of drug-likeness (QED) is 0.178. The summed E-state index contributed by atoms with van der Waals surface area (Å²) in [6.45, 7) is 9.73. The highest BCUT2D eigenvalue weighted by atomic mass is 16.3. The molecule has 0 aromatic heterocycles. The molecule has 2 aromatic carbocycles. The van der Waals surface area contributed by atoms with Crippen molar-refractivity contribution >= 4 is 28.9 Å². The molecule has 0 aliphatic heterocycles. The van der Waals surface area contributed by atoms with Gasteiger partial charge in [0.2, 0.25) is 5.78 Å². The lowest BCUT2D eigenvalue weighted by Crippen LogP contribution is -2.67. The van der Waals surface area contributed by atoms with E-state index in [9.17, 15) is 44.4 Å². The van der Waals surface area contributed by atoms with E-state index in [-0.39, 0.29) is 54.1 Å². The number of rotatable bonds is 8. The number of phenols is 1. The average molecular weight is 679 g/mol. The molecule has 4 N–H and O–H groups in total. The molecular weight excluding hydrogens is 636 g/mol. The minimum Gasteiger partial charge on any atom is -0.511 e. The van der Waals surface area contributed by atoms with Crippen LogP contribution in [0.3, 0.4) is 0 Å². The third-order valence-electron chi connectivity index (χ3n) is 11.3. The highest BCUT2D eigenvalue weighted by molar-refractivity contribution is 6.25. The molecule has 4 atom stereocenters. The maximum atomic E-state index is 14.5. The molecule has 4 aliphatic carbocycles. The Morgan fingerprint density at radius 2 is 1.70 bits per heavy atom. The fourth-order valence-corrected chi connectivity index (χ4v) is 9.27. The molecule has 0 fully saturated rings. The molecule has 0 saturated heterocycles. The Labute approximate surface area is 290 Å². The normalized spacial score (nSPS) is 27.3. The highest BCUT2D eigenvalue weighted by Gasteiger charge is 2.71. The van der Waals surface area contributed by atoms with Gasteiger partial charge in [-0.2, -0.15) is 0 Å². The Morgan fingerprint density at radius 3 is 2.30 bits per heavy atom. The van der Waals surface area contributed by atoms with Gasteiger partial charge in [0.05, 0.1) is 5.56 Å². The van der Waals surface area contributed by atoms with E-state index in [0.29, 0.717) is 39.8 Å². The standard InChI is InChI=1S/C41H42O9/c1-7-28(43)25-15-22(16-30(45)23-10-8-9-11-23)14-24(17-25)26-12-13-29(44)32-27(26)18-39(5)19-40(6)33(20(2)3)35(46)31(21(4)42)37(48)41(40,50)38(49)34(39)36(32)47/h8-10,12-15,17,20,33,44,46,49-50H,7,11,16,18-19H2,1-6H3/t33?,39-,40-,41+/m1/s1. The van der Waals surface area contributed by atoms with Gasteiger partial charge in [-0.05, 0) is 78.1 Å². The molecule has 9 nitrogen and oxygen atoms in total. The molecule has 0 heterocycles. The van der Waals surface area contributed by atoms with Gasteiger partial charge in [0, 0.05) is 40.7 Å². The number of allylic oxidation sites excluding steroid dienone is 6. The number of aromatic hydroxyl groups is 1. The zero-order valence-corrected chi connectivity index (χ0v) is 29.1. The molecule has 1 unspecified atom stereocenters. The van der Waals surface area contributed by atoms with Gasteiger partial charge in [0.15, 0.2) is 28.7 Å². The third kappa shape index (κ3) is 4.88. The van der Waals surface area contributed by atoms with E-state index < -0.39 is 62.7 Å². The first-order chi connectivity index (χ1) is 23.4. The van der Waals surface area contributed by atoms with Crippen molar-refractivity contribution in [2.45, 2.75) is 79.2 Å². The molecule has 2 aromatic rings. The summed E-state index contributed by atoms with van der Waals surface area (Å²) in [7, 11) is 0. The lowest BCUT2D eigenvalue weighted by Gasteiger charge is -2.59. The maximum Gasteiger partial charge on any atom is 0.209 e. The van der Waals surface area contributed by atoms with Crippen LogP contribution in [-0.4, -0.2) is 54.9 Å². The monoisotopic (exact) mass is 678 g/mol. The number of Topliss-reactive ketones (excluding diaryl/α,β-unsaturated/α-hetero) is 5. The van der Waals surface area contributed by atoms with Gasteiger partial charge in [-0.3, -0.25) is 24.0 Å². The largest absolute Gasteiger partial charge is 0.511 e. The fourth-order valence-electron chi connectivity index (χ4n) is 9.27. The van der Waals surface area contributed by atoms with E-state index in [2.05, 4.69) is 0 Å². The smallest absolute Gasteiger partial charge is 0.209 e. The zero-order valence-electron chi connectivity index (χ0n) is 29.1. The molecular formula is C41H42O9. The number of phenolic OH excluding ortho intramolecular Hbond substituents is 1. The highest BCUT2D eigenvalue weighted by Crippen LogP contribution is 2.65. The summed E-state index contributed by atoms with van der Waals surface area (Å²) < 4.78 is 0. The fraction of sp³-hybridized carbons (Fsp3) is 0.390. The van der Waals surface area contributed by atoms with Gasteiger partial charge in [-0.15, -0.1) is 0 Å². The van der Waals surface area contributed by atoms with Crippen LogP contribution in [0.1, 0.15) is 92.6 Å². The van der Waals surface area contributed by atoms with E-state index in [4.69, 9.17) is 0 Å². The van der Waals surface area contributed by atoms with E-state index in [0.717, 1.165) is 6.92 Å². The van der Waals surface area contributed by atoms with Crippen LogP contribution in [0.5, 0.6) is 5.75 Å². The Morgan fingerprint density at radius 1 is 1.00 bits per heavy atom. The van der Waals surface area contributed by atoms with Crippen LogP contribution in [0.15, 0.2) is 76.8 Å². The Kier molecular flexibility index (Phi) is 8.30. The number of aliphatic hydroxyl groups excluding tert-OH is 2. The Hall–Kier alpha value is -4.89. The van der Waals surface area contributed by atoms with Crippen molar-refractivity contribution in [2.75, 3.05) is 0 Å². The minimum absolute atomic E-state index is 0.0444. The molecule has 0 radical (unpaired) electrons. The molecule has 50 heavy (non-hydrogen) atoms. The third-order valence-corrected chi connectivity index (χ3v) is 11.3. The summed E-state index contributed by atoms with van der Waals surface area (Å²) in [6.07, 6.45) is 6.36. The van der Waals surface area contributed by atoms with Crippen LogP contribution >= 0.6 is 0 Å². The predicted octanol–water partition coefficient (Wildman–Crippen LogP) is 6.60. The van der Waals surface area contributed by atoms with E-state index in [1.807, 2.05) is 12.2 Å². The van der Waals surface area contributed by atoms with Crippen LogP contribution in [0.2, 0.25) is 0 Å². The van der Waals surface area contributed by atoms with Crippen LogP contribution < -0.4 is 0 Å². The molecule has 0 amide bonds. The van der Waals surface area contributed by atoms with Crippen LogP contribution in [0.4, 0.5) is 0 Å². The number of aliphatic hydroxyl groups is 3. The summed E-state index contributed by atoms with van der Waals surface area (Å²) in [5, 5.41) is 46.8. The molecule has 260 valence electrons. The second-order valence-corrected chi connectivity index (χ2v) is 15.1. The van der Waals surface area contributed by atoms with Crippen LogP contribution in [-0.2, 0) is 27.2 Å². The summed E-state index contributed by atoms with van der Waals surface area (Å²) in [6, 6.07) is 8.22. The average Bonchev–Trinajstić information content (AvgIpc) is 3.57. The van der Waals surface area contributed by atoms with E-state index >= 15 is 0 Å². The maximum absolute atomic E-state index is 14.5. The van der Waals surface area contributed by atoms with Crippen molar-refractivity contribution in [3.63, 3.8) is 0 Å².